The van der Waals surface area contributed by atoms with E-state index >= 15 is 0 Å². The van der Waals surface area contributed by atoms with Gasteiger partial charge in [0.1, 0.15) is 0 Å². The van der Waals surface area contributed by atoms with Crippen LogP contribution >= 0.6 is 0 Å². The van der Waals surface area contributed by atoms with Crippen LogP contribution in [0.2, 0.25) is 0 Å². The molecule has 20 heavy (non-hydrogen) atoms. The predicted octanol–water partition coefficient (Wildman–Crippen LogP) is 2.53. The van der Waals surface area contributed by atoms with Gasteiger partial charge >= 0.3 is 12.0 Å². The van der Waals surface area contributed by atoms with Gasteiger partial charge in [-0.3, -0.25) is 4.79 Å². The summed E-state index contributed by atoms with van der Waals surface area (Å²) in [6.07, 6.45) is 0. The van der Waals surface area contributed by atoms with E-state index < -0.39 is 11.9 Å². The second kappa shape index (κ2) is 5.15. The zero-order valence-electron chi connectivity index (χ0n) is 12.0. The lowest BCUT2D eigenvalue weighted by atomic mass is 9.87. The summed E-state index contributed by atoms with van der Waals surface area (Å²) in [5, 5.41) is 11.5. The van der Waals surface area contributed by atoms with Crippen molar-refractivity contribution in [3.63, 3.8) is 0 Å². The molecule has 0 unspecified atom stereocenters. The summed E-state index contributed by atoms with van der Waals surface area (Å²) in [7, 11) is 0. The number of carboxylic acids is 1. The first-order valence-electron chi connectivity index (χ1n) is 6.66. The van der Waals surface area contributed by atoms with Crippen molar-refractivity contribution >= 4 is 17.7 Å². The van der Waals surface area contributed by atoms with Gasteiger partial charge in [0, 0.05) is 18.8 Å². The third-order valence-electron chi connectivity index (χ3n) is 3.52. The molecule has 5 heteroatoms. The molecule has 0 aromatic heterocycles. The van der Waals surface area contributed by atoms with E-state index in [4.69, 9.17) is 5.11 Å². The maximum Gasteiger partial charge on any atom is 0.321 e. The van der Waals surface area contributed by atoms with E-state index in [9.17, 15) is 9.59 Å². The lowest BCUT2D eigenvalue weighted by Gasteiger charge is -2.36. The Balaban J connectivity index is 1.91. The quantitative estimate of drug-likeness (QED) is 0.872. The van der Waals surface area contributed by atoms with Crippen molar-refractivity contribution in [1.29, 1.82) is 0 Å². The fraction of sp³-hybridized carbons (Fsp3) is 0.467. The molecule has 5 nitrogen and oxygen atoms in total. The largest absolute Gasteiger partial charge is 0.481 e. The molecule has 1 heterocycles. The third kappa shape index (κ3) is 3.10. The van der Waals surface area contributed by atoms with Gasteiger partial charge in [0.25, 0.3) is 0 Å². The molecule has 1 aromatic carbocycles. The maximum absolute atomic E-state index is 11.9. The predicted molar refractivity (Wildman–Crippen MR) is 76.9 cm³/mol. The van der Waals surface area contributed by atoms with Gasteiger partial charge in [-0.2, -0.15) is 0 Å². The number of carboxylic acid groups (broad SMARTS) is 1. The third-order valence-corrected chi connectivity index (χ3v) is 3.52. The van der Waals surface area contributed by atoms with Crippen LogP contribution in [0.3, 0.4) is 0 Å². The van der Waals surface area contributed by atoms with Gasteiger partial charge in [0.2, 0.25) is 0 Å². The number of benzene rings is 1. The van der Waals surface area contributed by atoms with E-state index in [-0.39, 0.29) is 24.5 Å². The van der Waals surface area contributed by atoms with Gasteiger partial charge in [0.15, 0.2) is 0 Å². The number of aliphatic carboxylic acids is 1. The van der Waals surface area contributed by atoms with Crippen LogP contribution in [-0.2, 0) is 10.2 Å². The number of urea groups is 1. The lowest BCUT2D eigenvalue weighted by Crippen LogP contribution is -2.54. The first-order chi connectivity index (χ1) is 9.27. The minimum Gasteiger partial charge on any atom is -0.481 e. The number of carbonyl (C=O) groups is 2. The molecule has 108 valence electrons. The molecule has 2 amide bonds. The number of hydrogen-bond donors (Lipinski definition) is 2. The monoisotopic (exact) mass is 276 g/mol. The second-order valence-corrected chi connectivity index (χ2v) is 6.20. The van der Waals surface area contributed by atoms with Crippen LogP contribution in [0.4, 0.5) is 10.5 Å². The van der Waals surface area contributed by atoms with Crippen molar-refractivity contribution in [1.82, 2.24) is 4.90 Å². The standard InChI is InChI=1S/C15H20N2O3/c1-15(2,3)11-4-6-12(7-5-11)16-14(20)17-8-10(9-17)13(18)19/h4-7,10H,8-9H2,1-3H3,(H,16,20)(H,18,19). The van der Waals surface area contributed by atoms with Crippen LogP contribution in [0, 0.1) is 5.92 Å². The van der Waals surface area contributed by atoms with Gasteiger partial charge in [-0.05, 0) is 23.1 Å². The summed E-state index contributed by atoms with van der Waals surface area (Å²) in [6, 6.07) is 7.48. The Morgan fingerprint density at radius 1 is 1.20 bits per heavy atom. The van der Waals surface area contributed by atoms with Crippen molar-refractivity contribution in [2.45, 2.75) is 26.2 Å². The molecule has 0 spiro atoms. The first-order valence-corrected chi connectivity index (χ1v) is 6.66. The molecule has 0 aliphatic carbocycles. The van der Waals surface area contributed by atoms with Crippen molar-refractivity contribution in [2.24, 2.45) is 5.92 Å². The zero-order chi connectivity index (χ0) is 14.9. The molecule has 0 atom stereocenters. The second-order valence-electron chi connectivity index (χ2n) is 6.20. The van der Waals surface area contributed by atoms with Crippen molar-refractivity contribution in [3.05, 3.63) is 29.8 Å². The molecular formula is C15H20N2O3. The SMILES string of the molecule is CC(C)(C)c1ccc(NC(=O)N2CC(C(=O)O)C2)cc1. The summed E-state index contributed by atoms with van der Waals surface area (Å²) < 4.78 is 0. The number of hydrogen-bond acceptors (Lipinski definition) is 2. The Hall–Kier alpha value is -2.04. The maximum atomic E-state index is 11.9. The van der Waals surface area contributed by atoms with Gasteiger partial charge in [-0.25, -0.2) is 4.79 Å². The molecular weight excluding hydrogens is 256 g/mol. The molecule has 2 rings (SSSR count). The van der Waals surface area contributed by atoms with Crippen LogP contribution < -0.4 is 5.32 Å². The summed E-state index contributed by atoms with van der Waals surface area (Å²) in [4.78, 5) is 24.0. The van der Waals surface area contributed by atoms with Crippen LogP contribution in [0.1, 0.15) is 26.3 Å². The Bertz CT molecular complexity index is 511. The molecule has 1 fully saturated rings. The minimum absolute atomic E-state index is 0.0781. The highest BCUT2D eigenvalue weighted by atomic mass is 16.4. The van der Waals surface area contributed by atoms with Gasteiger partial charge in [0.05, 0.1) is 5.92 Å². The minimum atomic E-state index is -0.844. The van der Waals surface area contributed by atoms with Crippen LogP contribution in [0.5, 0.6) is 0 Å². The van der Waals surface area contributed by atoms with Crippen LogP contribution in [0.15, 0.2) is 24.3 Å². The number of amides is 2. The number of nitrogens with one attached hydrogen (secondary N) is 1. The Morgan fingerprint density at radius 3 is 2.20 bits per heavy atom. The number of rotatable bonds is 2. The van der Waals surface area contributed by atoms with Crippen molar-refractivity contribution in [2.75, 3.05) is 18.4 Å². The van der Waals surface area contributed by atoms with Crippen molar-refractivity contribution < 1.29 is 14.7 Å². The molecule has 0 radical (unpaired) electrons. The average molecular weight is 276 g/mol. The van der Waals surface area contributed by atoms with Crippen LogP contribution in [-0.4, -0.2) is 35.1 Å². The zero-order valence-corrected chi connectivity index (χ0v) is 12.0. The van der Waals surface area contributed by atoms with E-state index in [1.54, 1.807) is 0 Å². The van der Waals surface area contributed by atoms with E-state index in [1.807, 2.05) is 24.3 Å². The molecule has 2 N–H and O–H groups in total. The number of carbonyl (C=O) groups excluding carboxylic acids is 1. The lowest BCUT2D eigenvalue weighted by molar-refractivity contribution is -0.145. The van der Waals surface area contributed by atoms with E-state index in [0.717, 1.165) is 5.69 Å². The Morgan fingerprint density at radius 2 is 1.75 bits per heavy atom. The molecule has 1 aliphatic heterocycles. The summed E-state index contributed by atoms with van der Waals surface area (Å²) in [5.74, 6) is -1.27. The van der Waals surface area contributed by atoms with Gasteiger partial charge in [-0.1, -0.05) is 32.9 Å². The van der Waals surface area contributed by atoms with E-state index in [1.165, 1.54) is 10.5 Å². The fourth-order valence-electron chi connectivity index (χ4n) is 2.06. The Labute approximate surface area is 118 Å². The average Bonchev–Trinajstić information content (AvgIpc) is 2.25. The molecule has 1 saturated heterocycles. The number of anilines is 1. The van der Waals surface area contributed by atoms with Gasteiger partial charge in [-0.15, -0.1) is 0 Å². The highest BCUT2D eigenvalue weighted by molar-refractivity contribution is 5.91. The summed E-state index contributed by atoms with van der Waals surface area (Å²) >= 11 is 0. The number of likely N-dealkylation sites (tertiary alicyclic amines) is 1. The summed E-state index contributed by atoms with van der Waals surface area (Å²) in [5.41, 5.74) is 2.00. The normalized spacial score (nSPS) is 15.7. The van der Waals surface area contributed by atoms with Crippen LogP contribution in [0.25, 0.3) is 0 Å². The van der Waals surface area contributed by atoms with Gasteiger partial charge < -0.3 is 15.3 Å². The summed E-state index contributed by atoms with van der Waals surface area (Å²) in [6.45, 7) is 6.95. The topological polar surface area (TPSA) is 69.6 Å². The van der Waals surface area contributed by atoms with Crippen molar-refractivity contribution in [3.8, 4) is 0 Å². The highest BCUT2D eigenvalue weighted by Crippen LogP contribution is 2.24. The smallest absolute Gasteiger partial charge is 0.321 e. The van der Waals surface area contributed by atoms with E-state index in [2.05, 4.69) is 26.1 Å². The Kier molecular flexibility index (Phi) is 3.70. The first kappa shape index (κ1) is 14.4. The number of nitrogens with zero attached hydrogens (tertiary/aromatic N) is 1. The fourth-order valence-corrected chi connectivity index (χ4v) is 2.06. The highest BCUT2D eigenvalue weighted by Gasteiger charge is 2.35. The van der Waals surface area contributed by atoms with E-state index in [0.29, 0.717) is 0 Å². The molecule has 1 aliphatic rings. The molecule has 1 aromatic rings. The molecule has 0 saturated carbocycles. The molecule has 0 bridgehead atoms.